The van der Waals surface area contributed by atoms with Crippen molar-refractivity contribution in [1.82, 2.24) is 0 Å². The summed E-state index contributed by atoms with van der Waals surface area (Å²) in [5.41, 5.74) is -3.47. The Morgan fingerprint density at radius 1 is 0.724 bits per heavy atom. The van der Waals surface area contributed by atoms with E-state index in [1.165, 1.54) is 36.4 Å². The van der Waals surface area contributed by atoms with Crippen LogP contribution in [0.15, 0.2) is 48.5 Å². The van der Waals surface area contributed by atoms with E-state index in [0.29, 0.717) is 0 Å². The first-order chi connectivity index (χ1) is 13.7. The minimum absolute atomic E-state index is 0.0874. The van der Waals surface area contributed by atoms with E-state index in [-0.39, 0.29) is 11.3 Å². The lowest BCUT2D eigenvalue weighted by Gasteiger charge is -2.27. The van der Waals surface area contributed by atoms with E-state index in [2.05, 4.69) is 0 Å². The number of carboxylic acid groups (broad SMARTS) is 4. The van der Waals surface area contributed by atoms with Gasteiger partial charge in [0.1, 0.15) is 22.6 Å². The predicted molar refractivity (Wildman–Crippen MR) is 95.5 cm³/mol. The molecule has 4 N–H and O–H groups in total. The second kappa shape index (κ2) is 8.74. The molecule has 0 fully saturated rings. The number of hydrogen-bond donors (Lipinski definition) is 4. The van der Waals surface area contributed by atoms with Crippen LogP contribution in [-0.2, 0) is 9.59 Å². The van der Waals surface area contributed by atoms with Gasteiger partial charge in [0, 0.05) is 6.42 Å². The lowest BCUT2D eigenvalue weighted by molar-refractivity contribution is -0.173. The van der Waals surface area contributed by atoms with Crippen molar-refractivity contribution >= 4 is 23.9 Å². The van der Waals surface area contributed by atoms with Gasteiger partial charge in [-0.1, -0.05) is 24.3 Å². The van der Waals surface area contributed by atoms with Crippen molar-refractivity contribution in [2.45, 2.75) is 12.0 Å². The van der Waals surface area contributed by atoms with Crippen LogP contribution in [0.4, 0.5) is 0 Å². The van der Waals surface area contributed by atoms with Crippen LogP contribution in [0, 0.1) is 0 Å². The summed E-state index contributed by atoms with van der Waals surface area (Å²) in [7, 11) is 0. The van der Waals surface area contributed by atoms with E-state index in [9.17, 15) is 34.5 Å². The Morgan fingerprint density at radius 3 is 1.66 bits per heavy atom. The number of para-hydroxylation sites is 2. The molecule has 2 aromatic rings. The van der Waals surface area contributed by atoms with Crippen molar-refractivity contribution in [3.05, 3.63) is 59.7 Å². The highest BCUT2D eigenvalue weighted by atomic mass is 16.6. The molecule has 0 saturated carbocycles. The first-order valence-electron chi connectivity index (χ1n) is 8.12. The molecule has 0 aliphatic heterocycles. The van der Waals surface area contributed by atoms with Gasteiger partial charge in [-0.2, -0.15) is 0 Å². The van der Waals surface area contributed by atoms with Crippen LogP contribution in [-0.4, -0.2) is 56.5 Å². The molecule has 0 aliphatic carbocycles. The van der Waals surface area contributed by atoms with E-state index in [0.717, 1.165) is 12.1 Å². The van der Waals surface area contributed by atoms with Crippen LogP contribution in [0.1, 0.15) is 27.1 Å². The maximum Gasteiger partial charge on any atom is 0.360 e. The number of aliphatic carboxylic acids is 2. The zero-order valence-electron chi connectivity index (χ0n) is 14.8. The summed E-state index contributed by atoms with van der Waals surface area (Å²) in [5.74, 6) is -7.00. The minimum atomic E-state index is -2.86. The molecule has 2 aromatic carbocycles. The molecule has 29 heavy (non-hydrogen) atoms. The van der Waals surface area contributed by atoms with E-state index in [1.54, 1.807) is 0 Å². The highest BCUT2D eigenvalue weighted by Crippen LogP contribution is 2.27. The molecular formula is C19H16O10. The topological polar surface area (TPSA) is 168 Å². The van der Waals surface area contributed by atoms with Crippen LogP contribution in [0.5, 0.6) is 11.5 Å². The van der Waals surface area contributed by atoms with E-state index >= 15 is 0 Å². The van der Waals surface area contributed by atoms with Crippen LogP contribution in [0.3, 0.4) is 0 Å². The summed E-state index contributed by atoms with van der Waals surface area (Å²) in [5, 5.41) is 37.4. The molecule has 0 heterocycles. The predicted octanol–water partition coefficient (Wildman–Crippen LogP) is 1.84. The number of aromatic carboxylic acids is 2. The van der Waals surface area contributed by atoms with Gasteiger partial charge in [0.05, 0.1) is 6.61 Å². The Hall–Kier alpha value is -4.08. The zero-order chi connectivity index (χ0) is 21.6. The van der Waals surface area contributed by atoms with Crippen LogP contribution >= 0.6 is 0 Å². The molecule has 0 saturated heterocycles. The highest BCUT2D eigenvalue weighted by molar-refractivity contribution is 6.02. The summed E-state index contributed by atoms with van der Waals surface area (Å²) >= 11 is 0. The molecular weight excluding hydrogens is 388 g/mol. The number of carbonyl (C=O) groups is 4. The minimum Gasteiger partial charge on any atom is -0.492 e. The lowest BCUT2D eigenvalue weighted by Crippen LogP contribution is -2.53. The normalized spacial score (nSPS) is 10.8. The molecule has 0 radical (unpaired) electrons. The van der Waals surface area contributed by atoms with Crippen molar-refractivity contribution in [3.8, 4) is 11.5 Å². The average molecular weight is 404 g/mol. The molecule has 0 aliphatic rings. The molecule has 2 rings (SSSR count). The monoisotopic (exact) mass is 404 g/mol. The molecule has 152 valence electrons. The number of carboxylic acids is 4. The number of ether oxygens (including phenoxy) is 2. The number of benzene rings is 2. The Morgan fingerprint density at radius 2 is 1.17 bits per heavy atom. The fourth-order valence-corrected chi connectivity index (χ4v) is 2.44. The van der Waals surface area contributed by atoms with Gasteiger partial charge in [-0.25, -0.2) is 19.2 Å². The standard InChI is InChI=1S/C19H16O10/c20-15(21)11-5-1-3-7-13(11)28-10-9-19(17(24)25,18(26)27)29-14-8-4-2-6-12(14)16(22)23/h1-8H,9-10H2,(H,20,21)(H,22,23)(H,24,25)(H,26,27). The largest absolute Gasteiger partial charge is 0.492 e. The van der Waals surface area contributed by atoms with Gasteiger partial charge in [0.25, 0.3) is 0 Å². The molecule has 0 atom stereocenters. The van der Waals surface area contributed by atoms with Crippen molar-refractivity contribution < 1.29 is 49.1 Å². The van der Waals surface area contributed by atoms with Crippen molar-refractivity contribution in [2.75, 3.05) is 6.61 Å². The van der Waals surface area contributed by atoms with E-state index < -0.39 is 53.8 Å². The van der Waals surface area contributed by atoms with Crippen LogP contribution in [0.2, 0.25) is 0 Å². The molecule has 0 unspecified atom stereocenters. The average Bonchev–Trinajstić information content (AvgIpc) is 2.67. The fraction of sp³-hybridized carbons (Fsp3) is 0.158. The third-order valence-corrected chi connectivity index (χ3v) is 3.92. The van der Waals surface area contributed by atoms with Gasteiger partial charge in [0.2, 0.25) is 0 Å². The quantitative estimate of drug-likeness (QED) is 0.429. The Kier molecular flexibility index (Phi) is 6.40. The third-order valence-electron chi connectivity index (χ3n) is 3.92. The fourth-order valence-electron chi connectivity index (χ4n) is 2.44. The van der Waals surface area contributed by atoms with Crippen molar-refractivity contribution in [1.29, 1.82) is 0 Å². The SMILES string of the molecule is O=C(O)c1ccccc1OCCC(Oc1ccccc1C(=O)O)(C(=O)O)C(=O)O. The smallest absolute Gasteiger partial charge is 0.360 e. The Labute approximate surface area is 163 Å². The van der Waals surface area contributed by atoms with Gasteiger partial charge >= 0.3 is 29.5 Å². The lowest BCUT2D eigenvalue weighted by atomic mass is 9.99. The zero-order valence-corrected chi connectivity index (χ0v) is 14.8. The van der Waals surface area contributed by atoms with Crippen molar-refractivity contribution in [2.24, 2.45) is 0 Å². The molecule has 0 spiro atoms. The third kappa shape index (κ3) is 4.61. The summed E-state index contributed by atoms with van der Waals surface area (Å²) in [4.78, 5) is 46.0. The van der Waals surface area contributed by atoms with Gasteiger partial charge in [-0.05, 0) is 24.3 Å². The van der Waals surface area contributed by atoms with Gasteiger partial charge in [-0.3, -0.25) is 0 Å². The maximum absolute atomic E-state index is 11.8. The first kappa shape index (κ1) is 21.2. The van der Waals surface area contributed by atoms with Gasteiger partial charge in [-0.15, -0.1) is 0 Å². The Bertz CT molecular complexity index is 936. The van der Waals surface area contributed by atoms with E-state index in [1.807, 2.05) is 0 Å². The summed E-state index contributed by atoms with van der Waals surface area (Å²) in [6.07, 6.45) is -0.737. The first-order valence-corrected chi connectivity index (χ1v) is 8.12. The Balaban J connectivity index is 2.30. The molecule has 0 amide bonds. The van der Waals surface area contributed by atoms with Gasteiger partial charge in [0.15, 0.2) is 0 Å². The van der Waals surface area contributed by atoms with Crippen molar-refractivity contribution in [3.63, 3.8) is 0 Å². The summed E-state index contributed by atoms with van der Waals surface area (Å²) in [6, 6.07) is 10.5. The van der Waals surface area contributed by atoms with Crippen LogP contribution < -0.4 is 9.47 Å². The number of hydrogen-bond acceptors (Lipinski definition) is 6. The maximum atomic E-state index is 11.8. The molecule has 10 heteroatoms. The van der Waals surface area contributed by atoms with E-state index in [4.69, 9.17) is 14.6 Å². The molecule has 10 nitrogen and oxygen atoms in total. The van der Waals surface area contributed by atoms with Crippen LogP contribution in [0.25, 0.3) is 0 Å². The van der Waals surface area contributed by atoms with Gasteiger partial charge < -0.3 is 29.9 Å². The second-order valence-electron chi connectivity index (χ2n) is 5.74. The summed E-state index contributed by atoms with van der Waals surface area (Å²) in [6.45, 7) is -0.530. The second-order valence-corrected chi connectivity index (χ2v) is 5.74. The molecule has 0 bridgehead atoms. The number of rotatable bonds is 10. The molecule has 0 aromatic heterocycles. The highest BCUT2D eigenvalue weighted by Gasteiger charge is 2.50. The summed E-state index contributed by atoms with van der Waals surface area (Å²) < 4.78 is 10.4.